The molecule has 0 aromatic heterocycles. The molecule has 0 saturated carbocycles. The average Bonchev–Trinajstić information content (AvgIpc) is 2.65. The summed E-state index contributed by atoms with van der Waals surface area (Å²) in [6, 6.07) is 0. The molecule has 7 nitrogen and oxygen atoms in total. The normalized spacial score (nSPS) is 22.0. The van der Waals surface area contributed by atoms with Gasteiger partial charge in [0.25, 0.3) is 0 Å². The highest BCUT2D eigenvalue weighted by Gasteiger charge is 2.31. The maximum Gasteiger partial charge on any atom is 0.421 e. The Morgan fingerprint density at radius 3 is 2.81 bits per heavy atom. The fraction of sp³-hybridized carbons (Fsp3) is 0.875. The van der Waals surface area contributed by atoms with E-state index in [0.717, 1.165) is 6.42 Å². The third kappa shape index (κ3) is 3.32. The molecule has 1 amide bonds. The predicted molar refractivity (Wildman–Crippen MR) is 57.8 cm³/mol. The molecular formula is C8H17N3O4S. The number of nitrogens with zero attached hydrogens (tertiary/aromatic N) is 1. The minimum absolute atomic E-state index is 0.132. The second kappa shape index (κ2) is 5.46. The first kappa shape index (κ1) is 13.2. The molecule has 94 valence electrons. The second-order valence-corrected chi connectivity index (χ2v) is 5.25. The van der Waals surface area contributed by atoms with E-state index < -0.39 is 16.3 Å². The van der Waals surface area contributed by atoms with Crippen molar-refractivity contribution in [2.45, 2.75) is 13.3 Å². The first-order valence-corrected chi connectivity index (χ1v) is 6.58. The molecule has 1 aliphatic rings. The van der Waals surface area contributed by atoms with Crippen molar-refractivity contribution in [2.75, 3.05) is 26.2 Å². The van der Waals surface area contributed by atoms with Gasteiger partial charge in [-0.15, -0.1) is 0 Å². The van der Waals surface area contributed by atoms with Crippen LogP contribution >= 0.6 is 0 Å². The molecule has 1 aliphatic heterocycles. The van der Waals surface area contributed by atoms with Crippen molar-refractivity contribution in [3.63, 3.8) is 0 Å². The summed E-state index contributed by atoms with van der Waals surface area (Å²) in [7, 11) is -3.77. The molecule has 0 aromatic carbocycles. The van der Waals surface area contributed by atoms with Crippen molar-refractivity contribution in [3.8, 4) is 0 Å². The summed E-state index contributed by atoms with van der Waals surface area (Å²) in [5.74, 6) is 0.166. The van der Waals surface area contributed by atoms with Gasteiger partial charge in [-0.05, 0) is 25.8 Å². The molecule has 1 atom stereocenters. The summed E-state index contributed by atoms with van der Waals surface area (Å²) < 4.78 is 30.9. The lowest BCUT2D eigenvalue weighted by molar-refractivity contribution is 0.158. The van der Waals surface area contributed by atoms with Gasteiger partial charge in [0, 0.05) is 13.1 Å². The van der Waals surface area contributed by atoms with Crippen LogP contribution in [0.5, 0.6) is 0 Å². The van der Waals surface area contributed by atoms with Crippen LogP contribution in [-0.2, 0) is 14.9 Å². The first-order valence-electron chi connectivity index (χ1n) is 5.14. The number of hydrogen-bond donors (Lipinski definition) is 2. The number of rotatable bonds is 4. The number of nitrogens with one attached hydrogen (secondary N) is 1. The number of ether oxygens (including phenoxy) is 1. The van der Waals surface area contributed by atoms with Crippen LogP contribution in [0.3, 0.4) is 0 Å². The third-order valence-corrected chi connectivity index (χ3v) is 3.85. The van der Waals surface area contributed by atoms with Gasteiger partial charge in [-0.25, -0.2) is 9.52 Å². The predicted octanol–water partition coefficient (Wildman–Crippen LogP) is -0.742. The molecule has 0 bridgehead atoms. The standard InChI is InChI=1S/C8H17N3O4S/c1-2-15-8(12)10-16(13,14)11-4-3-7(5-9)6-11/h7H,2-6,9H2,1H3,(H,10,12). The Bertz CT molecular complexity index is 343. The molecule has 0 aliphatic carbocycles. The molecule has 0 spiro atoms. The van der Waals surface area contributed by atoms with Crippen molar-refractivity contribution in [2.24, 2.45) is 11.7 Å². The minimum atomic E-state index is -3.77. The lowest BCUT2D eigenvalue weighted by Crippen LogP contribution is -2.42. The topological polar surface area (TPSA) is 102 Å². The maximum atomic E-state index is 11.7. The summed E-state index contributed by atoms with van der Waals surface area (Å²) in [6.45, 7) is 2.92. The van der Waals surface area contributed by atoms with Crippen molar-refractivity contribution in [1.82, 2.24) is 9.03 Å². The van der Waals surface area contributed by atoms with Crippen LogP contribution in [0, 0.1) is 5.92 Å². The lowest BCUT2D eigenvalue weighted by atomic mass is 10.1. The van der Waals surface area contributed by atoms with Crippen molar-refractivity contribution < 1.29 is 17.9 Å². The SMILES string of the molecule is CCOC(=O)NS(=O)(=O)N1CCC(CN)C1. The van der Waals surface area contributed by atoms with Crippen molar-refractivity contribution in [1.29, 1.82) is 0 Å². The highest BCUT2D eigenvalue weighted by atomic mass is 32.2. The Balaban J connectivity index is 2.55. The van der Waals surface area contributed by atoms with E-state index in [-0.39, 0.29) is 12.5 Å². The van der Waals surface area contributed by atoms with Crippen molar-refractivity contribution >= 4 is 16.3 Å². The highest BCUT2D eigenvalue weighted by Crippen LogP contribution is 2.17. The van der Waals surface area contributed by atoms with Gasteiger partial charge in [0.1, 0.15) is 0 Å². The zero-order valence-corrected chi connectivity index (χ0v) is 10.00. The quantitative estimate of drug-likeness (QED) is 0.685. The van der Waals surface area contributed by atoms with E-state index in [0.29, 0.717) is 19.6 Å². The van der Waals surface area contributed by atoms with E-state index in [4.69, 9.17) is 5.73 Å². The van der Waals surface area contributed by atoms with E-state index in [2.05, 4.69) is 4.74 Å². The van der Waals surface area contributed by atoms with Gasteiger partial charge in [-0.2, -0.15) is 12.7 Å². The molecule has 8 heteroatoms. The van der Waals surface area contributed by atoms with Gasteiger partial charge in [-0.1, -0.05) is 0 Å². The molecule has 1 fully saturated rings. The van der Waals surface area contributed by atoms with Crippen LogP contribution in [-0.4, -0.2) is 45.1 Å². The zero-order valence-electron chi connectivity index (χ0n) is 9.18. The molecule has 1 unspecified atom stereocenters. The Morgan fingerprint density at radius 2 is 2.31 bits per heavy atom. The monoisotopic (exact) mass is 251 g/mol. The summed E-state index contributed by atoms with van der Waals surface area (Å²) >= 11 is 0. The first-order chi connectivity index (χ1) is 7.49. The Kier molecular flexibility index (Phi) is 4.51. The second-order valence-electron chi connectivity index (χ2n) is 3.58. The number of nitrogens with two attached hydrogens (primary N) is 1. The van der Waals surface area contributed by atoms with Crippen LogP contribution in [0.4, 0.5) is 4.79 Å². The fourth-order valence-corrected chi connectivity index (χ4v) is 2.69. The lowest BCUT2D eigenvalue weighted by Gasteiger charge is -2.16. The summed E-state index contributed by atoms with van der Waals surface area (Å²) in [4.78, 5) is 11.0. The van der Waals surface area contributed by atoms with Gasteiger partial charge in [0.2, 0.25) is 0 Å². The number of amides is 1. The van der Waals surface area contributed by atoms with E-state index in [9.17, 15) is 13.2 Å². The zero-order chi connectivity index (χ0) is 12.2. The Morgan fingerprint density at radius 1 is 1.62 bits per heavy atom. The summed E-state index contributed by atoms with van der Waals surface area (Å²) in [6.07, 6.45) is -0.223. The Hall–Kier alpha value is -0.860. The van der Waals surface area contributed by atoms with Crippen LogP contribution in [0.25, 0.3) is 0 Å². The van der Waals surface area contributed by atoms with E-state index in [1.165, 1.54) is 4.31 Å². The molecule has 0 radical (unpaired) electrons. The molecule has 1 rings (SSSR count). The van der Waals surface area contributed by atoms with E-state index in [1.807, 2.05) is 4.72 Å². The van der Waals surface area contributed by atoms with Crippen molar-refractivity contribution in [3.05, 3.63) is 0 Å². The molecule has 3 N–H and O–H groups in total. The van der Waals surface area contributed by atoms with Crippen LogP contribution in [0.1, 0.15) is 13.3 Å². The van der Waals surface area contributed by atoms with Gasteiger partial charge >= 0.3 is 16.3 Å². The molecule has 16 heavy (non-hydrogen) atoms. The molecule has 1 heterocycles. The van der Waals surface area contributed by atoms with Crippen LogP contribution in [0.15, 0.2) is 0 Å². The smallest absolute Gasteiger partial charge is 0.421 e. The fourth-order valence-electron chi connectivity index (χ4n) is 1.54. The van der Waals surface area contributed by atoms with Gasteiger partial charge in [0.15, 0.2) is 0 Å². The Labute approximate surface area is 95.1 Å². The van der Waals surface area contributed by atoms with Gasteiger partial charge in [0.05, 0.1) is 6.61 Å². The minimum Gasteiger partial charge on any atom is -0.449 e. The maximum absolute atomic E-state index is 11.7. The number of hydrogen-bond acceptors (Lipinski definition) is 5. The molecular weight excluding hydrogens is 234 g/mol. The van der Waals surface area contributed by atoms with Crippen LogP contribution < -0.4 is 10.5 Å². The summed E-state index contributed by atoms with van der Waals surface area (Å²) in [5, 5.41) is 0. The third-order valence-electron chi connectivity index (χ3n) is 2.41. The number of carbonyl (C=O) groups excluding carboxylic acids is 1. The summed E-state index contributed by atoms with van der Waals surface area (Å²) in [5.41, 5.74) is 5.45. The largest absolute Gasteiger partial charge is 0.449 e. The van der Waals surface area contributed by atoms with Crippen LogP contribution in [0.2, 0.25) is 0 Å². The average molecular weight is 251 g/mol. The molecule has 1 saturated heterocycles. The highest BCUT2D eigenvalue weighted by molar-refractivity contribution is 7.87. The molecule has 0 aromatic rings. The van der Waals surface area contributed by atoms with Gasteiger partial charge < -0.3 is 10.5 Å². The van der Waals surface area contributed by atoms with E-state index >= 15 is 0 Å². The number of carbonyl (C=O) groups is 1. The van der Waals surface area contributed by atoms with Gasteiger partial charge in [-0.3, -0.25) is 0 Å². The van der Waals surface area contributed by atoms with E-state index in [1.54, 1.807) is 6.92 Å².